The largest absolute Gasteiger partial charge is 0.462 e. The highest BCUT2D eigenvalue weighted by molar-refractivity contribution is 6.17. The lowest BCUT2D eigenvalue weighted by atomic mass is 10.00. The van der Waals surface area contributed by atoms with Crippen LogP contribution in [0.4, 0.5) is 0 Å². The van der Waals surface area contributed by atoms with E-state index in [4.69, 9.17) is 4.74 Å². The highest BCUT2D eigenvalue weighted by Crippen LogP contribution is 2.25. The first kappa shape index (κ1) is 16.1. The van der Waals surface area contributed by atoms with Crippen LogP contribution in [0.1, 0.15) is 33.3 Å². The SMILES string of the molecule is CCOC(=O)c1cc(C(=O)c2cccc3ccccc23)n2ccccc12. The van der Waals surface area contributed by atoms with Crippen molar-refractivity contribution in [3.63, 3.8) is 0 Å². The number of pyridine rings is 1. The van der Waals surface area contributed by atoms with Gasteiger partial charge in [-0.05, 0) is 35.9 Å². The molecule has 0 aliphatic heterocycles. The van der Waals surface area contributed by atoms with E-state index in [2.05, 4.69) is 0 Å². The molecule has 4 aromatic rings. The molecule has 4 nitrogen and oxygen atoms in total. The van der Waals surface area contributed by atoms with Crippen molar-refractivity contribution < 1.29 is 14.3 Å². The molecule has 0 bridgehead atoms. The summed E-state index contributed by atoms with van der Waals surface area (Å²) in [5.41, 5.74) is 2.12. The Morgan fingerprint density at radius 1 is 0.923 bits per heavy atom. The van der Waals surface area contributed by atoms with Gasteiger partial charge in [0.1, 0.15) is 0 Å². The van der Waals surface area contributed by atoms with Gasteiger partial charge in [-0.15, -0.1) is 0 Å². The Morgan fingerprint density at radius 3 is 2.54 bits per heavy atom. The number of hydrogen-bond donors (Lipinski definition) is 0. The zero-order valence-corrected chi connectivity index (χ0v) is 14.3. The summed E-state index contributed by atoms with van der Waals surface area (Å²) >= 11 is 0. The molecular weight excluding hydrogens is 326 g/mol. The quantitative estimate of drug-likeness (QED) is 0.405. The molecule has 0 atom stereocenters. The van der Waals surface area contributed by atoms with E-state index in [0.717, 1.165) is 10.8 Å². The Bertz CT molecular complexity index is 1140. The van der Waals surface area contributed by atoms with Crippen molar-refractivity contribution in [1.29, 1.82) is 0 Å². The predicted octanol–water partition coefficient (Wildman–Crippen LogP) is 4.50. The van der Waals surface area contributed by atoms with Crippen LogP contribution in [0.2, 0.25) is 0 Å². The molecule has 0 spiro atoms. The summed E-state index contributed by atoms with van der Waals surface area (Å²) in [6, 6.07) is 20.6. The van der Waals surface area contributed by atoms with Gasteiger partial charge in [0.15, 0.2) is 0 Å². The molecule has 0 saturated carbocycles. The molecule has 0 amide bonds. The van der Waals surface area contributed by atoms with Crippen LogP contribution in [-0.4, -0.2) is 22.8 Å². The maximum absolute atomic E-state index is 13.3. The van der Waals surface area contributed by atoms with Crippen LogP contribution < -0.4 is 0 Å². The first-order valence-electron chi connectivity index (χ1n) is 8.50. The number of ether oxygens (including phenoxy) is 1. The molecule has 0 aliphatic carbocycles. The second-order valence-electron chi connectivity index (χ2n) is 5.98. The molecule has 4 heteroatoms. The van der Waals surface area contributed by atoms with Gasteiger partial charge in [0.05, 0.1) is 23.4 Å². The lowest BCUT2D eigenvalue weighted by molar-refractivity contribution is 0.0529. The van der Waals surface area contributed by atoms with Gasteiger partial charge in [-0.3, -0.25) is 4.79 Å². The minimum Gasteiger partial charge on any atom is -0.462 e. The smallest absolute Gasteiger partial charge is 0.340 e. The Balaban J connectivity index is 1.91. The van der Waals surface area contributed by atoms with Crippen molar-refractivity contribution in [3.05, 3.63) is 89.7 Å². The van der Waals surface area contributed by atoms with Gasteiger partial charge in [-0.1, -0.05) is 48.5 Å². The molecule has 128 valence electrons. The van der Waals surface area contributed by atoms with E-state index >= 15 is 0 Å². The number of benzene rings is 2. The fourth-order valence-corrected chi connectivity index (χ4v) is 3.26. The van der Waals surface area contributed by atoms with Crippen LogP contribution in [0.3, 0.4) is 0 Å². The summed E-state index contributed by atoms with van der Waals surface area (Å²) in [5.74, 6) is -0.549. The van der Waals surface area contributed by atoms with E-state index < -0.39 is 5.97 Å². The highest BCUT2D eigenvalue weighted by atomic mass is 16.5. The van der Waals surface area contributed by atoms with E-state index in [0.29, 0.717) is 22.3 Å². The second-order valence-corrected chi connectivity index (χ2v) is 5.98. The van der Waals surface area contributed by atoms with E-state index in [1.54, 1.807) is 23.6 Å². The summed E-state index contributed by atoms with van der Waals surface area (Å²) in [5, 5.41) is 1.90. The van der Waals surface area contributed by atoms with E-state index in [1.807, 2.05) is 60.7 Å². The maximum atomic E-state index is 13.3. The normalized spacial score (nSPS) is 11.0. The molecule has 26 heavy (non-hydrogen) atoms. The third-order valence-corrected chi connectivity index (χ3v) is 4.44. The van der Waals surface area contributed by atoms with Crippen molar-refractivity contribution in [2.45, 2.75) is 6.92 Å². The van der Waals surface area contributed by atoms with Crippen molar-refractivity contribution in [2.24, 2.45) is 0 Å². The van der Waals surface area contributed by atoms with Gasteiger partial charge in [-0.25, -0.2) is 4.79 Å². The number of esters is 1. The van der Waals surface area contributed by atoms with E-state index in [1.165, 1.54) is 0 Å². The van der Waals surface area contributed by atoms with Crippen molar-refractivity contribution in [3.8, 4) is 0 Å². The predicted molar refractivity (Wildman–Crippen MR) is 101 cm³/mol. The Morgan fingerprint density at radius 2 is 1.69 bits per heavy atom. The Hall–Kier alpha value is -3.40. The van der Waals surface area contributed by atoms with Crippen LogP contribution in [-0.2, 0) is 4.74 Å². The number of carbonyl (C=O) groups excluding carboxylic acids is 2. The van der Waals surface area contributed by atoms with Crippen LogP contribution in [0.15, 0.2) is 72.9 Å². The highest BCUT2D eigenvalue weighted by Gasteiger charge is 2.22. The molecule has 4 rings (SSSR count). The molecule has 0 N–H and O–H groups in total. The lowest BCUT2D eigenvalue weighted by Gasteiger charge is -2.06. The van der Waals surface area contributed by atoms with Gasteiger partial charge < -0.3 is 9.14 Å². The summed E-state index contributed by atoms with van der Waals surface area (Å²) < 4.78 is 6.89. The second kappa shape index (κ2) is 6.48. The molecule has 0 saturated heterocycles. The lowest BCUT2D eigenvalue weighted by Crippen LogP contribution is -2.05. The third kappa shape index (κ3) is 2.56. The van der Waals surface area contributed by atoms with Gasteiger partial charge in [0, 0.05) is 11.8 Å². The number of aromatic nitrogens is 1. The average Bonchev–Trinajstić information content (AvgIpc) is 3.07. The van der Waals surface area contributed by atoms with Crippen LogP contribution in [0.5, 0.6) is 0 Å². The number of nitrogens with zero attached hydrogens (tertiary/aromatic N) is 1. The molecule has 2 aromatic heterocycles. The van der Waals surface area contributed by atoms with Crippen LogP contribution in [0.25, 0.3) is 16.3 Å². The molecule has 0 fully saturated rings. The van der Waals surface area contributed by atoms with Crippen LogP contribution in [0, 0.1) is 0 Å². The number of hydrogen-bond acceptors (Lipinski definition) is 3. The van der Waals surface area contributed by atoms with Crippen molar-refractivity contribution >= 4 is 28.0 Å². The van der Waals surface area contributed by atoms with Crippen LogP contribution >= 0.6 is 0 Å². The van der Waals surface area contributed by atoms with Crippen molar-refractivity contribution in [1.82, 2.24) is 4.40 Å². The minimum atomic E-state index is -0.423. The zero-order valence-electron chi connectivity index (χ0n) is 14.3. The molecule has 0 unspecified atom stereocenters. The van der Waals surface area contributed by atoms with Gasteiger partial charge >= 0.3 is 5.97 Å². The minimum absolute atomic E-state index is 0.126. The van der Waals surface area contributed by atoms with Gasteiger partial charge in [0.2, 0.25) is 5.78 Å². The van der Waals surface area contributed by atoms with Gasteiger partial charge in [0.25, 0.3) is 0 Å². The van der Waals surface area contributed by atoms with Gasteiger partial charge in [-0.2, -0.15) is 0 Å². The Labute approximate surface area is 150 Å². The summed E-state index contributed by atoms with van der Waals surface area (Å²) in [4.78, 5) is 25.6. The number of rotatable bonds is 4. The maximum Gasteiger partial charge on any atom is 0.340 e. The fourth-order valence-electron chi connectivity index (χ4n) is 3.26. The van der Waals surface area contributed by atoms with Crippen molar-refractivity contribution in [2.75, 3.05) is 6.61 Å². The summed E-state index contributed by atoms with van der Waals surface area (Å²) in [6.07, 6.45) is 1.79. The number of carbonyl (C=O) groups is 2. The van der Waals surface area contributed by atoms with E-state index in [-0.39, 0.29) is 12.4 Å². The topological polar surface area (TPSA) is 47.8 Å². The fraction of sp³-hybridized carbons (Fsp3) is 0.0909. The molecule has 0 aliphatic rings. The number of ketones is 1. The standard InChI is InChI=1S/C22H17NO3/c1-2-26-22(25)18-14-20(23-13-6-5-12-19(18)23)21(24)17-11-7-9-15-8-3-4-10-16(15)17/h3-14H,2H2,1H3. The Kier molecular flexibility index (Phi) is 4.01. The third-order valence-electron chi connectivity index (χ3n) is 4.44. The number of fused-ring (bicyclic) bond motifs is 2. The monoisotopic (exact) mass is 343 g/mol. The van der Waals surface area contributed by atoms with E-state index in [9.17, 15) is 9.59 Å². The molecule has 0 radical (unpaired) electrons. The molecule has 2 heterocycles. The summed E-state index contributed by atoms with van der Waals surface area (Å²) in [7, 11) is 0. The summed E-state index contributed by atoms with van der Waals surface area (Å²) in [6.45, 7) is 2.05. The molecular formula is C22H17NO3. The zero-order chi connectivity index (χ0) is 18.1. The molecule has 2 aromatic carbocycles. The first-order valence-corrected chi connectivity index (χ1v) is 8.50. The first-order chi connectivity index (χ1) is 12.7. The average molecular weight is 343 g/mol.